The maximum absolute atomic E-state index is 12.8. The molecule has 7 nitrogen and oxygen atoms in total. The lowest BCUT2D eigenvalue weighted by atomic mass is 10.1. The normalized spacial score (nSPS) is 15.5. The van der Waals surface area contributed by atoms with Crippen molar-refractivity contribution in [3.8, 4) is 11.5 Å². The summed E-state index contributed by atoms with van der Waals surface area (Å²) < 4.78 is 15.6. The van der Waals surface area contributed by atoms with Crippen molar-refractivity contribution in [3.05, 3.63) is 69.0 Å². The lowest BCUT2D eigenvalue weighted by Crippen LogP contribution is -2.31. The third-order valence-electron chi connectivity index (χ3n) is 4.62. The molecule has 9 heteroatoms. The molecule has 3 heterocycles. The maximum Gasteiger partial charge on any atom is 0.344 e. The zero-order chi connectivity index (χ0) is 21.6. The molecular formula is C22H20N2O5S2. The van der Waals surface area contributed by atoms with Gasteiger partial charge in [0.05, 0.1) is 23.7 Å². The number of carbonyl (C=O) groups excluding carboxylic acids is 2. The van der Waals surface area contributed by atoms with Crippen LogP contribution in [0.3, 0.4) is 0 Å². The lowest BCUT2D eigenvalue weighted by Gasteiger charge is -2.20. The lowest BCUT2D eigenvalue weighted by molar-refractivity contribution is -0.154. The Hall–Kier alpha value is -3.17. The van der Waals surface area contributed by atoms with Gasteiger partial charge in [0.25, 0.3) is 5.91 Å². The Kier molecular flexibility index (Phi) is 6.63. The van der Waals surface area contributed by atoms with E-state index in [2.05, 4.69) is 5.10 Å². The van der Waals surface area contributed by atoms with Crippen LogP contribution in [0.1, 0.15) is 22.2 Å². The summed E-state index contributed by atoms with van der Waals surface area (Å²) in [4.78, 5) is 26.9. The van der Waals surface area contributed by atoms with Gasteiger partial charge in [-0.3, -0.25) is 4.79 Å². The number of hydrogen-bond donors (Lipinski definition) is 0. The number of amides is 1. The maximum atomic E-state index is 12.8. The van der Waals surface area contributed by atoms with Crippen LogP contribution in [-0.4, -0.2) is 42.9 Å². The summed E-state index contributed by atoms with van der Waals surface area (Å²) in [5, 5.41) is 9.92. The van der Waals surface area contributed by atoms with Crippen LogP contribution in [0.2, 0.25) is 0 Å². The smallest absolute Gasteiger partial charge is 0.344 e. The number of ether oxygens (including phenoxy) is 3. The van der Waals surface area contributed by atoms with Crippen LogP contribution in [0.25, 0.3) is 0 Å². The van der Waals surface area contributed by atoms with Gasteiger partial charge < -0.3 is 14.2 Å². The minimum Gasteiger partial charge on any atom is -0.497 e. The first kappa shape index (κ1) is 21.1. The average Bonchev–Trinajstić information content (AvgIpc) is 3.56. The highest BCUT2D eigenvalue weighted by Gasteiger charge is 2.34. The Morgan fingerprint density at radius 3 is 2.45 bits per heavy atom. The Bertz CT molecular complexity index is 1050. The van der Waals surface area contributed by atoms with Crippen LogP contribution >= 0.6 is 22.7 Å². The van der Waals surface area contributed by atoms with Gasteiger partial charge >= 0.3 is 5.97 Å². The van der Waals surface area contributed by atoms with Gasteiger partial charge in [0.2, 0.25) is 0 Å². The van der Waals surface area contributed by atoms with Crippen LogP contribution in [0.4, 0.5) is 0 Å². The van der Waals surface area contributed by atoms with Crippen molar-refractivity contribution in [1.82, 2.24) is 5.01 Å². The SMILES string of the molecule is COc1ccc(OCC(=O)OCC(=O)N2N=C(c3cccs3)CC2c2cccs2)cc1. The summed E-state index contributed by atoms with van der Waals surface area (Å²) in [6.45, 7) is -0.689. The van der Waals surface area contributed by atoms with Gasteiger partial charge in [-0.1, -0.05) is 12.1 Å². The third kappa shape index (κ3) is 5.12. The van der Waals surface area contributed by atoms with E-state index in [9.17, 15) is 9.59 Å². The molecule has 0 bridgehead atoms. The molecule has 4 rings (SSSR count). The molecule has 0 fully saturated rings. The molecule has 0 aliphatic carbocycles. The standard InChI is InChI=1S/C22H20N2O5S2/c1-27-15-6-8-16(9-7-15)28-14-22(26)29-13-21(25)24-18(20-5-3-11-31-20)12-17(23-24)19-4-2-10-30-19/h2-11,18H,12-14H2,1H3. The van der Waals surface area contributed by atoms with Gasteiger partial charge in [-0.15, -0.1) is 22.7 Å². The minimum atomic E-state index is -0.626. The van der Waals surface area contributed by atoms with Crippen molar-refractivity contribution >= 4 is 40.3 Å². The fourth-order valence-corrected chi connectivity index (χ4v) is 4.63. The number of rotatable bonds is 8. The number of hydrazone groups is 1. The molecule has 1 amide bonds. The molecule has 1 aliphatic rings. The van der Waals surface area contributed by atoms with E-state index in [4.69, 9.17) is 14.2 Å². The molecule has 1 aliphatic heterocycles. The van der Waals surface area contributed by atoms with Crippen molar-refractivity contribution < 1.29 is 23.8 Å². The monoisotopic (exact) mass is 456 g/mol. The second kappa shape index (κ2) is 9.76. The second-order valence-electron chi connectivity index (χ2n) is 6.62. The van der Waals surface area contributed by atoms with Gasteiger partial charge in [0.15, 0.2) is 13.2 Å². The molecule has 1 aromatic carbocycles. The van der Waals surface area contributed by atoms with Gasteiger partial charge in [0.1, 0.15) is 11.5 Å². The fourth-order valence-electron chi connectivity index (χ4n) is 3.10. The molecule has 1 atom stereocenters. The van der Waals surface area contributed by atoms with Crippen LogP contribution in [-0.2, 0) is 14.3 Å². The molecule has 0 radical (unpaired) electrons. The Balaban J connectivity index is 1.34. The van der Waals surface area contributed by atoms with Crippen molar-refractivity contribution in [2.75, 3.05) is 20.3 Å². The first-order valence-electron chi connectivity index (χ1n) is 9.53. The number of nitrogens with zero attached hydrogens (tertiary/aromatic N) is 2. The minimum absolute atomic E-state index is 0.196. The van der Waals surface area contributed by atoms with E-state index in [-0.39, 0.29) is 18.6 Å². The molecule has 0 N–H and O–H groups in total. The van der Waals surface area contributed by atoms with E-state index in [1.165, 1.54) is 5.01 Å². The number of esters is 1. The van der Waals surface area contributed by atoms with Crippen LogP contribution in [0.15, 0.2) is 64.4 Å². The third-order valence-corrected chi connectivity index (χ3v) is 6.51. The number of thiophene rings is 2. The van der Waals surface area contributed by atoms with E-state index >= 15 is 0 Å². The Morgan fingerprint density at radius 1 is 1.03 bits per heavy atom. The Labute approximate surface area is 187 Å². The van der Waals surface area contributed by atoms with E-state index < -0.39 is 12.6 Å². The van der Waals surface area contributed by atoms with Gasteiger partial charge in [0, 0.05) is 11.3 Å². The predicted molar refractivity (Wildman–Crippen MR) is 119 cm³/mol. The highest BCUT2D eigenvalue weighted by Crippen LogP contribution is 2.35. The topological polar surface area (TPSA) is 77.4 Å². The average molecular weight is 457 g/mol. The first-order chi connectivity index (χ1) is 15.1. The van der Waals surface area contributed by atoms with Gasteiger partial charge in [-0.25, -0.2) is 9.80 Å². The zero-order valence-electron chi connectivity index (χ0n) is 16.7. The molecule has 2 aromatic heterocycles. The van der Waals surface area contributed by atoms with Crippen molar-refractivity contribution in [2.45, 2.75) is 12.5 Å². The van der Waals surface area contributed by atoms with E-state index in [0.717, 1.165) is 15.5 Å². The summed E-state index contributed by atoms with van der Waals surface area (Å²) in [6, 6.07) is 14.5. The quantitative estimate of drug-likeness (QED) is 0.477. The summed E-state index contributed by atoms with van der Waals surface area (Å²) in [5.74, 6) is 0.196. The van der Waals surface area contributed by atoms with Crippen molar-refractivity contribution in [1.29, 1.82) is 0 Å². The molecule has 160 valence electrons. The first-order valence-corrected chi connectivity index (χ1v) is 11.3. The number of methoxy groups -OCH3 is 1. The highest BCUT2D eigenvalue weighted by atomic mass is 32.1. The van der Waals surface area contributed by atoms with E-state index in [1.54, 1.807) is 54.0 Å². The predicted octanol–water partition coefficient (Wildman–Crippen LogP) is 4.12. The molecule has 31 heavy (non-hydrogen) atoms. The Morgan fingerprint density at radius 2 is 1.77 bits per heavy atom. The highest BCUT2D eigenvalue weighted by molar-refractivity contribution is 7.12. The molecule has 0 saturated heterocycles. The summed E-state index contributed by atoms with van der Waals surface area (Å²) in [7, 11) is 1.57. The molecule has 0 spiro atoms. The van der Waals surface area contributed by atoms with Gasteiger partial charge in [-0.05, 0) is 47.2 Å². The fraction of sp³-hybridized carbons (Fsp3) is 0.227. The van der Waals surface area contributed by atoms with Crippen molar-refractivity contribution in [2.24, 2.45) is 5.10 Å². The van der Waals surface area contributed by atoms with E-state index in [1.807, 2.05) is 35.0 Å². The van der Waals surface area contributed by atoms with Crippen LogP contribution in [0, 0.1) is 0 Å². The summed E-state index contributed by atoms with van der Waals surface area (Å²) in [5.41, 5.74) is 0.857. The molecule has 0 saturated carbocycles. The second-order valence-corrected chi connectivity index (χ2v) is 8.55. The number of benzene rings is 1. The largest absolute Gasteiger partial charge is 0.497 e. The molecule has 3 aromatic rings. The molecule has 1 unspecified atom stereocenters. The zero-order valence-corrected chi connectivity index (χ0v) is 18.4. The van der Waals surface area contributed by atoms with Crippen molar-refractivity contribution in [3.63, 3.8) is 0 Å². The number of hydrogen-bond acceptors (Lipinski definition) is 8. The summed E-state index contributed by atoms with van der Waals surface area (Å²) in [6.07, 6.45) is 0.626. The van der Waals surface area contributed by atoms with Crippen LogP contribution < -0.4 is 9.47 Å². The van der Waals surface area contributed by atoms with Crippen LogP contribution in [0.5, 0.6) is 11.5 Å². The summed E-state index contributed by atoms with van der Waals surface area (Å²) >= 11 is 3.16. The molecular weight excluding hydrogens is 436 g/mol. The van der Waals surface area contributed by atoms with E-state index in [0.29, 0.717) is 17.9 Å². The van der Waals surface area contributed by atoms with Gasteiger partial charge in [-0.2, -0.15) is 5.10 Å². The number of carbonyl (C=O) groups is 2.